The quantitative estimate of drug-likeness (QED) is 0.877. The minimum Gasteiger partial charge on any atom is -0.349 e. The average Bonchev–Trinajstić information content (AvgIpc) is 3.24. The number of hydrogen-bond acceptors (Lipinski definition) is 3. The number of hydrogen-bond donors (Lipinski definition) is 2. The molecule has 6 nitrogen and oxygen atoms in total. The highest BCUT2D eigenvalue weighted by molar-refractivity contribution is 5.94. The molecule has 6 heteroatoms. The second kappa shape index (κ2) is 7.51. The number of nitrogens with zero attached hydrogens (tertiary/aromatic N) is 2. The Labute approximate surface area is 147 Å². The van der Waals surface area contributed by atoms with Crippen molar-refractivity contribution in [2.75, 3.05) is 5.32 Å². The van der Waals surface area contributed by atoms with Crippen LogP contribution in [0.3, 0.4) is 0 Å². The molecule has 2 aromatic rings. The van der Waals surface area contributed by atoms with Crippen molar-refractivity contribution in [1.82, 2.24) is 15.1 Å². The summed E-state index contributed by atoms with van der Waals surface area (Å²) in [6.07, 6.45) is 4.92. The van der Waals surface area contributed by atoms with Crippen molar-refractivity contribution in [1.29, 1.82) is 0 Å². The zero-order chi connectivity index (χ0) is 17.8. The molecule has 0 atom stereocenters. The molecule has 0 saturated heterocycles. The lowest BCUT2D eigenvalue weighted by atomic mass is 10.1. The second-order valence-corrected chi connectivity index (χ2v) is 6.49. The number of amides is 2. The third kappa shape index (κ3) is 4.07. The largest absolute Gasteiger partial charge is 0.349 e. The summed E-state index contributed by atoms with van der Waals surface area (Å²) in [7, 11) is 0. The van der Waals surface area contributed by atoms with E-state index in [4.69, 9.17) is 0 Å². The van der Waals surface area contributed by atoms with Crippen LogP contribution < -0.4 is 10.6 Å². The fourth-order valence-corrected chi connectivity index (χ4v) is 3.11. The van der Waals surface area contributed by atoms with Crippen LogP contribution in [0, 0.1) is 6.92 Å². The Kier molecular flexibility index (Phi) is 5.16. The van der Waals surface area contributed by atoms with Gasteiger partial charge in [0.05, 0.1) is 11.4 Å². The number of aromatic nitrogens is 2. The normalized spacial score (nSPS) is 14.5. The highest BCUT2D eigenvalue weighted by Crippen LogP contribution is 2.20. The Bertz CT molecular complexity index is 758. The molecule has 0 radical (unpaired) electrons. The lowest BCUT2D eigenvalue weighted by Crippen LogP contribution is -2.32. The predicted molar refractivity (Wildman–Crippen MR) is 96.9 cm³/mol. The number of carbonyl (C=O) groups excluding carboxylic acids is 2. The third-order valence-corrected chi connectivity index (χ3v) is 4.48. The molecule has 1 aromatic heterocycles. The van der Waals surface area contributed by atoms with Crippen LogP contribution in [0.1, 0.15) is 55.1 Å². The lowest BCUT2D eigenvalue weighted by Gasteiger charge is -2.12. The highest BCUT2D eigenvalue weighted by Gasteiger charge is 2.18. The molecular formula is C19H24N4O2. The molecule has 1 fully saturated rings. The number of benzene rings is 1. The number of aryl methyl sites for hydroxylation is 1. The third-order valence-electron chi connectivity index (χ3n) is 4.48. The van der Waals surface area contributed by atoms with Gasteiger partial charge in [0.1, 0.15) is 5.82 Å². The van der Waals surface area contributed by atoms with E-state index in [1.165, 1.54) is 12.8 Å². The summed E-state index contributed by atoms with van der Waals surface area (Å²) in [6.45, 7) is 3.68. The zero-order valence-corrected chi connectivity index (χ0v) is 14.7. The fourth-order valence-electron chi connectivity index (χ4n) is 3.11. The summed E-state index contributed by atoms with van der Waals surface area (Å²) < 4.78 is 1.68. The van der Waals surface area contributed by atoms with Gasteiger partial charge in [-0.2, -0.15) is 5.10 Å². The van der Waals surface area contributed by atoms with E-state index in [9.17, 15) is 9.59 Å². The van der Waals surface area contributed by atoms with E-state index in [2.05, 4.69) is 15.7 Å². The summed E-state index contributed by atoms with van der Waals surface area (Å²) in [6, 6.07) is 9.41. The summed E-state index contributed by atoms with van der Waals surface area (Å²) in [5.74, 6) is 0.538. The molecule has 2 N–H and O–H groups in total. The van der Waals surface area contributed by atoms with E-state index in [1.807, 2.05) is 25.1 Å². The molecular weight excluding hydrogens is 316 g/mol. The second-order valence-electron chi connectivity index (χ2n) is 6.49. The zero-order valence-electron chi connectivity index (χ0n) is 14.7. The molecule has 0 unspecified atom stereocenters. The van der Waals surface area contributed by atoms with Gasteiger partial charge in [0.2, 0.25) is 5.91 Å². The summed E-state index contributed by atoms with van der Waals surface area (Å²) in [5, 5.41) is 10.4. The first kappa shape index (κ1) is 17.2. The van der Waals surface area contributed by atoms with Crippen LogP contribution in [0.2, 0.25) is 0 Å². The Morgan fingerprint density at radius 1 is 1.20 bits per heavy atom. The first-order valence-corrected chi connectivity index (χ1v) is 8.84. The maximum atomic E-state index is 12.3. The predicted octanol–water partition coefficient (Wildman–Crippen LogP) is 3.20. The number of anilines is 1. The molecule has 0 bridgehead atoms. The maximum absolute atomic E-state index is 12.3. The molecule has 1 aliphatic carbocycles. The monoisotopic (exact) mass is 340 g/mol. The molecule has 25 heavy (non-hydrogen) atoms. The first-order chi connectivity index (χ1) is 12.1. The van der Waals surface area contributed by atoms with E-state index in [-0.39, 0.29) is 11.8 Å². The van der Waals surface area contributed by atoms with Gasteiger partial charge in [-0.25, -0.2) is 4.68 Å². The van der Waals surface area contributed by atoms with E-state index >= 15 is 0 Å². The van der Waals surface area contributed by atoms with E-state index in [0.717, 1.165) is 24.2 Å². The van der Waals surface area contributed by atoms with E-state index in [0.29, 0.717) is 23.8 Å². The van der Waals surface area contributed by atoms with Crippen molar-refractivity contribution in [3.05, 3.63) is 41.6 Å². The van der Waals surface area contributed by atoms with Crippen LogP contribution in [-0.4, -0.2) is 27.6 Å². The molecule has 0 spiro atoms. The maximum Gasteiger partial charge on any atom is 0.251 e. The molecule has 132 valence electrons. The minimum atomic E-state index is -0.0614. The van der Waals surface area contributed by atoms with Gasteiger partial charge in [0.25, 0.3) is 5.91 Å². The van der Waals surface area contributed by atoms with Crippen molar-refractivity contribution >= 4 is 17.6 Å². The standard InChI is InChI=1S/C19H24N4O2/c1-3-18(24)21-17-12-13(2)22-23(17)16-10-8-14(9-11-16)19(25)20-15-6-4-5-7-15/h8-12,15H,3-7H2,1-2H3,(H,20,25)(H,21,24). The molecule has 1 aliphatic rings. The Balaban J connectivity index is 1.76. The SMILES string of the molecule is CCC(=O)Nc1cc(C)nn1-c1ccc(C(=O)NC2CCCC2)cc1. The van der Waals surface area contributed by atoms with Gasteiger partial charge in [-0.3, -0.25) is 9.59 Å². The Morgan fingerprint density at radius 3 is 2.52 bits per heavy atom. The lowest BCUT2D eigenvalue weighted by molar-refractivity contribution is -0.115. The highest BCUT2D eigenvalue weighted by atomic mass is 16.2. The summed E-state index contributed by atoms with van der Waals surface area (Å²) in [5.41, 5.74) is 2.25. The van der Waals surface area contributed by atoms with Gasteiger partial charge < -0.3 is 10.6 Å². The molecule has 1 heterocycles. The van der Waals surface area contributed by atoms with Crippen LogP contribution in [0.15, 0.2) is 30.3 Å². The van der Waals surface area contributed by atoms with Crippen LogP contribution >= 0.6 is 0 Å². The van der Waals surface area contributed by atoms with Gasteiger partial charge in [0, 0.05) is 24.1 Å². The molecule has 0 aliphatic heterocycles. The molecule has 2 amide bonds. The fraction of sp³-hybridized carbons (Fsp3) is 0.421. The molecule has 1 aromatic carbocycles. The first-order valence-electron chi connectivity index (χ1n) is 8.84. The van der Waals surface area contributed by atoms with Crippen molar-refractivity contribution in [2.45, 2.75) is 52.0 Å². The van der Waals surface area contributed by atoms with Crippen molar-refractivity contribution < 1.29 is 9.59 Å². The van der Waals surface area contributed by atoms with Gasteiger partial charge in [-0.15, -0.1) is 0 Å². The van der Waals surface area contributed by atoms with Crippen LogP contribution in [0.25, 0.3) is 5.69 Å². The topological polar surface area (TPSA) is 76.0 Å². The summed E-state index contributed by atoms with van der Waals surface area (Å²) >= 11 is 0. The summed E-state index contributed by atoms with van der Waals surface area (Å²) in [4.78, 5) is 24.0. The van der Waals surface area contributed by atoms with Crippen LogP contribution in [0.4, 0.5) is 5.82 Å². The van der Waals surface area contributed by atoms with Gasteiger partial charge in [-0.05, 0) is 44.0 Å². The van der Waals surface area contributed by atoms with Crippen molar-refractivity contribution in [3.8, 4) is 5.69 Å². The number of rotatable bonds is 5. The van der Waals surface area contributed by atoms with Crippen LogP contribution in [0.5, 0.6) is 0 Å². The smallest absolute Gasteiger partial charge is 0.251 e. The van der Waals surface area contributed by atoms with Gasteiger partial charge in [-0.1, -0.05) is 19.8 Å². The van der Waals surface area contributed by atoms with Crippen LogP contribution in [-0.2, 0) is 4.79 Å². The average molecular weight is 340 g/mol. The van der Waals surface area contributed by atoms with Gasteiger partial charge in [0.15, 0.2) is 0 Å². The Morgan fingerprint density at radius 2 is 1.88 bits per heavy atom. The number of nitrogens with one attached hydrogen (secondary N) is 2. The van der Waals surface area contributed by atoms with Gasteiger partial charge >= 0.3 is 0 Å². The van der Waals surface area contributed by atoms with Crippen molar-refractivity contribution in [3.63, 3.8) is 0 Å². The van der Waals surface area contributed by atoms with E-state index < -0.39 is 0 Å². The molecule has 3 rings (SSSR count). The Hall–Kier alpha value is -2.63. The number of carbonyl (C=O) groups is 2. The van der Waals surface area contributed by atoms with E-state index in [1.54, 1.807) is 23.7 Å². The van der Waals surface area contributed by atoms with Crippen molar-refractivity contribution in [2.24, 2.45) is 0 Å². The minimum absolute atomic E-state index is 0.0328. The molecule has 1 saturated carbocycles.